The van der Waals surface area contributed by atoms with Crippen LogP contribution in [0, 0.1) is 5.82 Å². The maximum atomic E-state index is 13.1. The maximum Gasteiger partial charge on any atom is 0.316 e. The molecule has 0 saturated carbocycles. The largest absolute Gasteiger partial charge is 0.467 e. The zero-order valence-corrected chi connectivity index (χ0v) is 14.9. The van der Waals surface area contributed by atoms with Crippen LogP contribution < -0.4 is 10.1 Å². The van der Waals surface area contributed by atoms with Crippen LogP contribution in [0.2, 0.25) is 0 Å². The highest BCUT2D eigenvalue weighted by molar-refractivity contribution is 5.57. The molecule has 2 aromatic heterocycles. The molecule has 0 unspecified atom stereocenters. The quantitative estimate of drug-likeness (QED) is 0.731. The van der Waals surface area contributed by atoms with E-state index in [0.717, 1.165) is 11.1 Å². The van der Waals surface area contributed by atoms with Gasteiger partial charge in [-0.3, -0.25) is 0 Å². The molecule has 7 heteroatoms. The number of anilines is 1. The number of nitrogens with one attached hydrogen (secondary N) is 1. The van der Waals surface area contributed by atoms with E-state index in [-0.39, 0.29) is 11.2 Å². The standard InChI is InChI=1S/C19H20FN5O/c1-19(2,14-4-6-15(20)7-5-14)12-23-17-9-8-16(24-25-17)13-10-21-18(26-3)22-11-13/h4-11H,12H2,1-3H3,(H,23,25). The number of aromatic nitrogens is 4. The first kappa shape index (κ1) is 17.7. The second-order valence-electron chi connectivity index (χ2n) is 6.51. The van der Waals surface area contributed by atoms with Crippen molar-refractivity contribution >= 4 is 5.82 Å². The summed E-state index contributed by atoms with van der Waals surface area (Å²) < 4.78 is 18.0. The number of ether oxygens (including phenoxy) is 1. The summed E-state index contributed by atoms with van der Waals surface area (Å²) in [5.74, 6) is 0.430. The van der Waals surface area contributed by atoms with Gasteiger partial charge in [-0.25, -0.2) is 14.4 Å². The molecule has 0 amide bonds. The number of halogens is 1. The van der Waals surface area contributed by atoms with Crippen molar-refractivity contribution in [2.45, 2.75) is 19.3 Å². The van der Waals surface area contributed by atoms with Crippen molar-refractivity contribution in [1.29, 1.82) is 0 Å². The molecule has 0 aliphatic carbocycles. The van der Waals surface area contributed by atoms with Crippen LogP contribution in [0.5, 0.6) is 6.01 Å². The van der Waals surface area contributed by atoms with Crippen molar-refractivity contribution < 1.29 is 9.13 Å². The summed E-state index contributed by atoms with van der Waals surface area (Å²) in [7, 11) is 1.52. The first-order chi connectivity index (χ1) is 12.5. The molecule has 3 rings (SSSR count). The van der Waals surface area contributed by atoms with Gasteiger partial charge in [0.2, 0.25) is 0 Å². The number of methoxy groups -OCH3 is 1. The molecule has 0 spiro atoms. The Morgan fingerprint density at radius 1 is 1.00 bits per heavy atom. The molecule has 0 atom stereocenters. The normalized spacial score (nSPS) is 11.2. The summed E-state index contributed by atoms with van der Waals surface area (Å²) in [6.07, 6.45) is 3.28. The van der Waals surface area contributed by atoms with Gasteiger partial charge in [-0.1, -0.05) is 26.0 Å². The molecule has 1 aromatic carbocycles. The topological polar surface area (TPSA) is 72.8 Å². The van der Waals surface area contributed by atoms with Crippen LogP contribution in [-0.2, 0) is 5.41 Å². The highest BCUT2D eigenvalue weighted by Gasteiger charge is 2.20. The molecule has 0 fully saturated rings. The molecule has 3 aromatic rings. The average molecular weight is 353 g/mol. The van der Waals surface area contributed by atoms with Crippen molar-refractivity contribution in [3.05, 3.63) is 60.2 Å². The summed E-state index contributed by atoms with van der Waals surface area (Å²) in [5, 5.41) is 11.7. The van der Waals surface area contributed by atoms with Crippen LogP contribution in [0.1, 0.15) is 19.4 Å². The Labute approximate surface area is 151 Å². The van der Waals surface area contributed by atoms with E-state index in [9.17, 15) is 4.39 Å². The minimum absolute atomic E-state index is 0.183. The van der Waals surface area contributed by atoms with Crippen LogP contribution in [0.15, 0.2) is 48.8 Å². The number of nitrogens with zero attached hydrogens (tertiary/aromatic N) is 4. The summed E-state index contributed by atoms with van der Waals surface area (Å²) in [5.41, 5.74) is 2.30. The molecule has 2 heterocycles. The third-order valence-corrected chi connectivity index (χ3v) is 4.11. The minimum atomic E-state index is -0.235. The number of hydrogen-bond donors (Lipinski definition) is 1. The predicted molar refractivity (Wildman–Crippen MR) is 97.5 cm³/mol. The molecule has 134 valence electrons. The van der Waals surface area contributed by atoms with Crippen LogP contribution in [-0.4, -0.2) is 33.8 Å². The zero-order valence-electron chi connectivity index (χ0n) is 14.9. The third-order valence-electron chi connectivity index (χ3n) is 4.11. The minimum Gasteiger partial charge on any atom is -0.467 e. The van der Waals surface area contributed by atoms with Crippen LogP contribution in [0.25, 0.3) is 11.3 Å². The van der Waals surface area contributed by atoms with E-state index in [4.69, 9.17) is 4.74 Å². The molecule has 6 nitrogen and oxygen atoms in total. The van der Waals surface area contributed by atoms with Crippen LogP contribution >= 0.6 is 0 Å². The molecule has 26 heavy (non-hydrogen) atoms. The van der Waals surface area contributed by atoms with E-state index in [2.05, 4.69) is 39.3 Å². The van der Waals surface area contributed by atoms with Crippen molar-refractivity contribution in [2.75, 3.05) is 19.0 Å². The van der Waals surface area contributed by atoms with Gasteiger partial charge in [0, 0.05) is 29.9 Å². The van der Waals surface area contributed by atoms with Gasteiger partial charge in [0.15, 0.2) is 0 Å². The Balaban J connectivity index is 1.66. The van der Waals surface area contributed by atoms with E-state index in [1.165, 1.54) is 19.2 Å². The highest BCUT2D eigenvalue weighted by atomic mass is 19.1. The molecule has 0 aliphatic rings. The lowest BCUT2D eigenvalue weighted by atomic mass is 9.84. The Kier molecular flexibility index (Phi) is 5.06. The second-order valence-corrected chi connectivity index (χ2v) is 6.51. The molecule has 0 radical (unpaired) electrons. The number of hydrogen-bond acceptors (Lipinski definition) is 6. The van der Waals surface area contributed by atoms with Crippen molar-refractivity contribution in [3.8, 4) is 17.3 Å². The van der Waals surface area contributed by atoms with Gasteiger partial charge >= 0.3 is 6.01 Å². The Hall–Kier alpha value is -3.09. The average Bonchev–Trinajstić information content (AvgIpc) is 2.67. The summed E-state index contributed by atoms with van der Waals surface area (Å²) >= 11 is 0. The Bertz CT molecular complexity index is 849. The Morgan fingerprint density at radius 2 is 1.69 bits per heavy atom. The third kappa shape index (κ3) is 4.11. The first-order valence-corrected chi connectivity index (χ1v) is 8.18. The van der Waals surface area contributed by atoms with Gasteiger partial charge in [-0.05, 0) is 29.8 Å². The van der Waals surface area contributed by atoms with Gasteiger partial charge in [-0.2, -0.15) is 0 Å². The SMILES string of the molecule is COc1ncc(-c2ccc(NCC(C)(C)c3ccc(F)cc3)nn2)cn1. The van der Waals surface area contributed by atoms with Crippen molar-refractivity contribution in [2.24, 2.45) is 0 Å². The molecule has 0 aliphatic heterocycles. The fraction of sp³-hybridized carbons (Fsp3) is 0.263. The fourth-order valence-corrected chi connectivity index (χ4v) is 2.45. The zero-order chi connectivity index (χ0) is 18.6. The molecule has 0 saturated heterocycles. The van der Waals surface area contributed by atoms with Gasteiger partial charge in [0.25, 0.3) is 0 Å². The monoisotopic (exact) mass is 353 g/mol. The van der Waals surface area contributed by atoms with E-state index in [1.807, 2.05) is 12.1 Å². The lowest BCUT2D eigenvalue weighted by molar-refractivity contribution is 0.380. The summed E-state index contributed by atoms with van der Waals surface area (Å²) in [6, 6.07) is 10.6. The van der Waals surface area contributed by atoms with Gasteiger partial charge < -0.3 is 10.1 Å². The van der Waals surface area contributed by atoms with E-state index < -0.39 is 0 Å². The predicted octanol–water partition coefficient (Wildman–Crippen LogP) is 3.47. The fourth-order valence-electron chi connectivity index (χ4n) is 2.45. The lowest BCUT2D eigenvalue weighted by Crippen LogP contribution is -2.28. The number of rotatable bonds is 6. The van der Waals surface area contributed by atoms with Gasteiger partial charge in [-0.15, -0.1) is 10.2 Å². The maximum absolute atomic E-state index is 13.1. The summed E-state index contributed by atoms with van der Waals surface area (Å²) in [4.78, 5) is 8.12. The van der Waals surface area contributed by atoms with E-state index >= 15 is 0 Å². The first-order valence-electron chi connectivity index (χ1n) is 8.18. The van der Waals surface area contributed by atoms with Crippen molar-refractivity contribution in [1.82, 2.24) is 20.2 Å². The Morgan fingerprint density at radius 3 is 2.27 bits per heavy atom. The van der Waals surface area contributed by atoms with Gasteiger partial charge in [0.05, 0.1) is 12.8 Å². The van der Waals surface area contributed by atoms with E-state index in [0.29, 0.717) is 24.1 Å². The lowest BCUT2D eigenvalue weighted by Gasteiger charge is -2.25. The molecular formula is C19H20FN5O. The van der Waals surface area contributed by atoms with Crippen LogP contribution in [0.3, 0.4) is 0 Å². The summed E-state index contributed by atoms with van der Waals surface area (Å²) in [6.45, 7) is 4.81. The highest BCUT2D eigenvalue weighted by Crippen LogP contribution is 2.24. The van der Waals surface area contributed by atoms with E-state index in [1.54, 1.807) is 24.5 Å². The molecular weight excluding hydrogens is 333 g/mol. The van der Waals surface area contributed by atoms with Gasteiger partial charge in [0.1, 0.15) is 11.6 Å². The van der Waals surface area contributed by atoms with Crippen molar-refractivity contribution in [3.63, 3.8) is 0 Å². The second kappa shape index (κ2) is 7.43. The molecule has 0 bridgehead atoms. The smallest absolute Gasteiger partial charge is 0.316 e. The number of benzene rings is 1. The molecule has 1 N–H and O–H groups in total. The van der Waals surface area contributed by atoms with Crippen LogP contribution in [0.4, 0.5) is 10.2 Å².